The van der Waals surface area contributed by atoms with Crippen LogP contribution in [0.4, 0.5) is 11.4 Å². The molecular formula is C18H22N2O2. The summed E-state index contributed by atoms with van der Waals surface area (Å²) in [5.74, 6) is 0. The lowest BCUT2D eigenvalue weighted by Crippen LogP contribution is -2.50. The molecule has 2 rings (SSSR count). The van der Waals surface area contributed by atoms with Gasteiger partial charge in [-0.3, -0.25) is 5.01 Å². The zero-order valence-corrected chi connectivity index (χ0v) is 12.6. The molecule has 0 aliphatic heterocycles. The van der Waals surface area contributed by atoms with E-state index in [-0.39, 0.29) is 0 Å². The molecular weight excluding hydrogens is 276 g/mol. The molecule has 0 saturated carbocycles. The van der Waals surface area contributed by atoms with Crippen molar-refractivity contribution in [1.29, 1.82) is 0 Å². The Morgan fingerprint density at radius 1 is 0.955 bits per heavy atom. The molecule has 4 nitrogen and oxygen atoms in total. The van der Waals surface area contributed by atoms with Crippen molar-refractivity contribution in [2.24, 2.45) is 0 Å². The molecule has 0 spiro atoms. The summed E-state index contributed by atoms with van der Waals surface area (Å²) in [5.41, 5.74) is 5.08. The zero-order valence-electron chi connectivity index (χ0n) is 12.6. The molecule has 0 heterocycles. The third-order valence-corrected chi connectivity index (χ3v) is 3.42. The second-order valence-corrected chi connectivity index (χ2v) is 5.13. The molecule has 0 aromatic heterocycles. The predicted octanol–water partition coefficient (Wildman–Crippen LogP) is 2.63. The van der Waals surface area contributed by atoms with E-state index < -0.39 is 18.2 Å². The van der Waals surface area contributed by atoms with Gasteiger partial charge in [0.1, 0.15) is 6.10 Å². The first-order valence-corrected chi connectivity index (χ1v) is 7.28. The van der Waals surface area contributed by atoms with Crippen LogP contribution in [0.15, 0.2) is 73.3 Å². The molecule has 2 aromatic carbocycles. The van der Waals surface area contributed by atoms with Crippen LogP contribution in [0.25, 0.3) is 0 Å². The third kappa shape index (κ3) is 3.95. The number of benzene rings is 2. The Kier molecular flexibility index (Phi) is 5.72. The van der Waals surface area contributed by atoms with Gasteiger partial charge in [-0.05, 0) is 31.2 Å². The summed E-state index contributed by atoms with van der Waals surface area (Å²) in [7, 11) is 0. The van der Waals surface area contributed by atoms with E-state index in [4.69, 9.17) is 0 Å². The smallest absolute Gasteiger partial charge is 0.100 e. The Morgan fingerprint density at radius 2 is 1.41 bits per heavy atom. The Labute approximate surface area is 131 Å². The Balaban J connectivity index is 2.31. The summed E-state index contributed by atoms with van der Waals surface area (Å²) in [5, 5.41) is 21.6. The maximum atomic E-state index is 10.1. The van der Waals surface area contributed by atoms with Gasteiger partial charge in [-0.25, -0.2) is 5.43 Å². The number of para-hydroxylation sites is 2. The molecule has 0 fully saturated rings. The quantitative estimate of drug-likeness (QED) is 0.543. The van der Waals surface area contributed by atoms with Crippen LogP contribution >= 0.6 is 0 Å². The van der Waals surface area contributed by atoms with Gasteiger partial charge in [-0.1, -0.05) is 42.5 Å². The van der Waals surface area contributed by atoms with Gasteiger partial charge in [0.2, 0.25) is 0 Å². The molecule has 0 unspecified atom stereocenters. The van der Waals surface area contributed by atoms with Crippen molar-refractivity contribution < 1.29 is 10.2 Å². The summed E-state index contributed by atoms with van der Waals surface area (Å²) < 4.78 is 0. The third-order valence-electron chi connectivity index (χ3n) is 3.42. The fourth-order valence-electron chi connectivity index (χ4n) is 2.17. The first-order valence-electron chi connectivity index (χ1n) is 7.28. The number of nitrogens with one attached hydrogen (secondary N) is 1. The molecule has 22 heavy (non-hydrogen) atoms. The topological polar surface area (TPSA) is 55.7 Å². The van der Waals surface area contributed by atoms with Crippen molar-refractivity contribution >= 4 is 11.4 Å². The van der Waals surface area contributed by atoms with Crippen molar-refractivity contribution in [3.63, 3.8) is 0 Å². The molecule has 116 valence electrons. The highest BCUT2D eigenvalue weighted by Gasteiger charge is 2.23. The van der Waals surface area contributed by atoms with Crippen molar-refractivity contribution in [3.05, 3.63) is 73.3 Å². The highest BCUT2D eigenvalue weighted by Crippen LogP contribution is 2.23. The van der Waals surface area contributed by atoms with Crippen LogP contribution in [0, 0.1) is 0 Å². The Hall–Kier alpha value is -2.14. The second kappa shape index (κ2) is 7.75. The van der Waals surface area contributed by atoms with Gasteiger partial charge in [0, 0.05) is 0 Å². The second-order valence-electron chi connectivity index (χ2n) is 5.13. The lowest BCUT2D eigenvalue weighted by molar-refractivity contribution is 0.0169. The minimum atomic E-state index is -0.951. The molecule has 2 aromatic rings. The number of hydrogen-bond acceptors (Lipinski definition) is 4. The van der Waals surface area contributed by atoms with E-state index in [0.29, 0.717) is 0 Å². The molecule has 4 heteroatoms. The van der Waals surface area contributed by atoms with Gasteiger partial charge in [-0.15, -0.1) is 6.58 Å². The molecule has 0 saturated heterocycles. The molecule has 0 aliphatic rings. The molecule has 3 N–H and O–H groups in total. The fourth-order valence-corrected chi connectivity index (χ4v) is 2.17. The number of rotatable bonds is 7. The van der Waals surface area contributed by atoms with Crippen molar-refractivity contribution in [3.8, 4) is 0 Å². The van der Waals surface area contributed by atoms with Gasteiger partial charge in [0.15, 0.2) is 0 Å². The lowest BCUT2D eigenvalue weighted by Gasteiger charge is -2.32. The standard InChI is InChI=1S/C18H22N2O2/c1-3-17(18(22)14(2)21)19-20(15-10-6-4-7-11-15)16-12-8-5-9-13-16/h3-14,17-19,21-22H,1H2,2H3/t14-,17-,18+/m0/s1. The summed E-state index contributed by atoms with van der Waals surface area (Å²) in [6.45, 7) is 5.30. The number of hydrogen-bond donors (Lipinski definition) is 3. The van der Waals surface area contributed by atoms with E-state index >= 15 is 0 Å². The summed E-state index contributed by atoms with van der Waals surface area (Å²) in [6, 6.07) is 19.1. The van der Waals surface area contributed by atoms with E-state index in [9.17, 15) is 10.2 Å². The van der Waals surface area contributed by atoms with E-state index in [1.807, 2.05) is 65.7 Å². The van der Waals surface area contributed by atoms with Gasteiger partial charge < -0.3 is 10.2 Å². The van der Waals surface area contributed by atoms with Gasteiger partial charge in [-0.2, -0.15) is 0 Å². The Bertz CT molecular complexity index is 533. The van der Waals surface area contributed by atoms with Crippen molar-refractivity contribution in [1.82, 2.24) is 5.43 Å². The van der Waals surface area contributed by atoms with Crippen LogP contribution < -0.4 is 10.4 Å². The Morgan fingerprint density at radius 3 is 1.77 bits per heavy atom. The van der Waals surface area contributed by atoms with E-state index in [1.54, 1.807) is 13.0 Å². The van der Waals surface area contributed by atoms with E-state index in [1.165, 1.54) is 0 Å². The van der Waals surface area contributed by atoms with Crippen LogP contribution in [0.5, 0.6) is 0 Å². The summed E-state index contributed by atoms with van der Waals surface area (Å²) in [6.07, 6.45) is -0.215. The molecule has 3 atom stereocenters. The van der Waals surface area contributed by atoms with Crippen LogP contribution in [-0.2, 0) is 0 Å². The van der Waals surface area contributed by atoms with Crippen LogP contribution in [0.2, 0.25) is 0 Å². The largest absolute Gasteiger partial charge is 0.391 e. The highest BCUT2D eigenvalue weighted by atomic mass is 16.3. The van der Waals surface area contributed by atoms with Crippen LogP contribution in [0.1, 0.15) is 6.92 Å². The maximum absolute atomic E-state index is 10.1. The van der Waals surface area contributed by atoms with Gasteiger partial charge in [0.05, 0.1) is 23.5 Å². The van der Waals surface area contributed by atoms with Crippen LogP contribution in [0.3, 0.4) is 0 Å². The van der Waals surface area contributed by atoms with E-state index in [0.717, 1.165) is 11.4 Å². The van der Waals surface area contributed by atoms with E-state index in [2.05, 4.69) is 12.0 Å². The number of hydrazine groups is 1. The zero-order chi connectivity index (χ0) is 15.9. The fraction of sp³-hybridized carbons (Fsp3) is 0.222. The number of aliphatic hydroxyl groups excluding tert-OH is 2. The SMILES string of the molecule is C=C[C@H](NN(c1ccccc1)c1ccccc1)[C@H](O)[C@H](C)O. The summed E-state index contributed by atoms with van der Waals surface area (Å²) in [4.78, 5) is 0. The first-order chi connectivity index (χ1) is 10.6. The lowest BCUT2D eigenvalue weighted by atomic mass is 10.1. The van der Waals surface area contributed by atoms with Crippen LogP contribution in [-0.4, -0.2) is 28.5 Å². The number of nitrogens with zero attached hydrogens (tertiary/aromatic N) is 1. The number of anilines is 2. The predicted molar refractivity (Wildman–Crippen MR) is 89.8 cm³/mol. The molecule has 0 aliphatic carbocycles. The minimum absolute atomic E-state index is 0.486. The number of aliphatic hydroxyl groups is 2. The van der Waals surface area contributed by atoms with Gasteiger partial charge >= 0.3 is 0 Å². The van der Waals surface area contributed by atoms with Gasteiger partial charge in [0.25, 0.3) is 0 Å². The molecule has 0 bridgehead atoms. The molecule has 0 radical (unpaired) electrons. The monoisotopic (exact) mass is 298 g/mol. The average molecular weight is 298 g/mol. The van der Waals surface area contributed by atoms with Crippen molar-refractivity contribution in [2.45, 2.75) is 25.2 Å². The molecule has 0 amide bonds. The normalized spacial score (nSPS) is 14.9. The maximum Gasteiger partial charge on any atom is 0.100 e. The summed E-state index contributed by atoms with van der Waals surface area (Å²) >= 11 is 0. The average Bonchev–Trinajstić information content (AvgIpc) is 2.57. The first kappa shape index (κ1) is 16.2. The minimum Gasteiger partial charge on any atom is -0.391 e. The highest BCUT2D eigenvalue weighted by molar-refractivity contribution is 5.61. The van der Waals surface area contributed by atoms with Crippen molar-refractivity contribution in [2.75, 3.05) is 5.01 Å².